The Morgan fingerprint density at radius 1 is 1.10 bits per heavy atom. The predicted octanol–water partition coefficient (Wildman–Crippen LogP) is 3.76. The number of hydrogen-bond donors (Lipinski definition) is 1. The maximum Gasteiger partial charge on any atom is 0.0560 e. The lowest BCUT2D eigenvalue weighted by Gasteiger charge is -2.35. The summed E-state index contributed by atoms with van der Waals surface area (Å²) in [4.78, 5) is 2.79. The normalized spacial score (nSPS) is 32.1. The molecule has 3 fully saturated rings. The molecule has 0 radical (unpaired) electrons. The van der Waals surface area contributed by atoms with E-state index in [0.717, 1.165) is 24.2 Å². The summed E-state index contributed by atoms with van der Waals surface area (Å²) in [7, 11) is 0. The van der Waals surface area contributed by atoms with E-state index >= 15 is 0 Å². The van der Waals surface area contributed by atoms with Crippen LogP contribution in [-0.4, -0.2) is 24.2 Å². The molecule has 2 nitrogen and oxygen atoms in total. The molecule has 0 unspecified atom stereocenters. The first-order valence-corrected chi connectivity index (χ1v) is 8.79. The van der Waals surface area contributed by atoms with Crippen molar-refractivity contribution in [2.45, 2.75) is 56.3 Å². The highest BCUT2D eigenvalue weighted by molar-refractivity contribution is 7.17. The number of nitrogens with zero attached hydrogens (tertiary/aromatic N) is 1. The molecule has 1 saturated carbocycles. The van der Waals surface area contributed by atoms with Crippen LogP contribution in [-0.2, 0) is 0 Å². The van der Waals surface area contributed by atoms with Gasteiger partial charge in [-0.3, -0.25) is 0 Å². The van der Waals surface area contributed by atoms with Crippen LogP contribution in [0.2, 0.25) is 0 Å². The molecule has 2 aliphatic heterocycles. The van der Waals surface area contributed by atoms with E-state index in [-0.39, 0.29) is 0 Å². The Hall–Kier alpha value is -1.06. The monoisotopic (exact) mass is 284 g/mol. The molecule has 0 amide bonds. The zero-order valence-electron chi connectivity index (χ0n) is 11.6. The van der Waals surface area contributed by atoms with E-state index in [2.05, 4.69) is 39.9 Å². The van der Waals surface area contributed by atoms with Gasteiger partial charge in [-0.15, -0.1) is 11.3 Å². The van der Waals surface area contributed by atoms with Crippen LogP contribution in [0, 0.1) is 0 Å². The van der Waals surface area contributed by atoms with E-state index < -0.39 is 0 Å². The Balaban J connectivity index is 1.58. The molecule has 20 heavy (non-hydrogen) atoms. The first kappa shape index (κ1) is 11.6. The second-order valence-electron chi connectivity index (χ2n) is 6.61. The number of benzene rings is 1. The van der Waals surface area contributed by atoms with Gasteiger partial charge in [-0.05, 0) is 38.2 Å². The average molecular weight is 284 g/mol. The van der Waals surface area contributed by atoms with Gasteiger partial charge in [0.05, 0.1) is 5.69 Å². The van der Waals surface area contributed by atoms with Crippen LogP contribution in [0.4, 0.5) is 5.69 Å². The quantitative estimate of drug-likeness (QED) is 0.923. The van der Waals surface area contributed by atoms with Crippen LogP contribution in [0.15, 0.2) is 29.6 Å². The van der Waals surface area contributed by atoms with Crippen molar-refractivity contribution >= 4 is 27.1 Å². The van der Waals surface area contributed by atoms with E-state index in [4.69, 9.17) is 0 Å². The van der Waals surface area contributed by atoms with Crippen molar-refractivity contribution in [1.29, 1.82) is 0 Å². The Labute approximate surface area is 123 Å². The molecule has 104 valence electrons. The van der Waals surface area contributed by atoms with E-state index in [1.807, 2.05) is 11.3 Å². The van der Waals surface area contributed by atoms with Crippen molar-refractivity contribution < 1.29 is 0 Å². The number of anilines is 1. The third-order valence-corrected chi connectivity index (χ3v) is 6.25. The summed E-state index contributed by atoms with van der Waals surface area (Å²) in [5.74, 6) is 0. The summed E-state index contributed by atoms with van der Waals surface area (Å²) in [5, 5.41) is 7.68. The van der Waals surface area contributed by atoms with Gasteiger partial charge in [-0.25, -0.2) is 0 Å². The molecule has 1 N–H and O–H groups in total. The minimum Gasteiger partial charge on any atom is -0.363 e. The fourth-order valence-electron chi connectivity index (χ4n) is 4.27. The molecule has 1 aliphatic carbocycles. The first-order valence-electron chi connectivity index (χ1n) is 7.91. The predicted molar refractivity (Wildman–Crippen MR) is 85.7 cm³/mol. The zero-order valence-corrected chi connectivity index (χ0v) is 12.4. The summed E-state index contributed by atoms with van der Waals surface area (Å²) >= 11 is 1.90. The topological polar surface area (TPSA) is 15.3 Å². The maximum atomic E-state index is 3.81. The molecular weight excluding hydrogens is 264 g/mol. The first-order chi connectivity index (χ1) is 9.90. The van der Waals surface area contributed by atoms with Crippen molar-refractivity contribution in [1.82, 2.24) is 5.32 Å². The lowest BCUT2D eigenvalue weighted by atomic mass is 9.93. The van der Waals surface area contributed by atoms with Crippen LogP contribution in [0.3, 0.4) is 0 Å². The molecule has 2 saturated heterocycles. The van der Waals surface area contributed by atoms with Crippen molar-refractivity contribution in [3.8, 4) is 0 Å². The van der Waals surface area contributed by atoms with Gasteiger partial charge in [0.1, 0.15) is 0 Å². The number of fused-ring (bicyclic) bond motifs is 3. The minimum atomic E-state index is 0.735. The fraction of sp³-hybridized carbons (Fsp3) is 0.529. The standard InChI is InChI=1S/C17H20N2S/c1-2-4-17-13(3-1)16(10-20-17)19(12-6-7-12)15-9-11-5-8-14(15)18-11/h1-4,10-12,14-15,18H,5-9H2/t11-,14+,15-/m1/s1. The SMILES string of the molecule is c1ccc2c(N(C3CC3)[C@@H]3C[C@H]4CC[C@@H]3N4)csc2c1. The molecule has 3 aliphatic rings. The molecule has 1 aromatic heterocycles. The minimum absolute atomic E-state index is 0.735. The van der Waals surface area contributed by atoms with Crippen molar-refractivity contribution in [2.24, 2.45) is 0 Å². The van der Waals surface area contributed by atoms with Gasteiger partial charge in [0.25, 0.3) is 0 Å². The molecule has 5 rings (SSSR count). The highest BCUT2D eigenvalue weighted by atomic mass is 32.1. The van der Waals surface area contributed by atoms with Gasteiger partial charge in [0, 0.05) is 39.6 Å². The fourth-order valence-corrected chi connectivity index (χ4v) is 5.21. The van der Waals surface area contributed by atoms with Crippen LogP contribution in [0.5, 0.6) is 0 Å². The van der Waals surface area contributed by atoms with E-state index in [1.54, 1.807) is 0 Å². The molecule has 2 aromatic rings. The third kappa shape index (κ3) is 1.66. The van der Waals surface area contributed by atoms with Gasteiger partial charge in [-0.2, -0.15) is 0 Å². The Bertz CT molecular complexity index is 645. The Morgan fingerprint density at radius 2 is 2.00 bits per heavy atom. The highest BCUT2D eigenvalue weighted by Gasteiger charge is 2.46. The average Bonchev–Trinajstić information content (AvgIpc) is 2.92. The molecule has 3 heteroatoms. The van der Waals surface area contributed by atoms with Crippen molar-refractivity contribution in [3.63, 3.8) is 0 Å². The van der Waals surface area contributed by atoms with Crippen molar-refractivity contribution in [3.05, 3.63) is 29.6 Å². The van der Waals surface area contributed by atoms with Gasteiger partial charge in [0.15, 0.2) is 0 Å². The lowest BCUT2D eigenvalue weighted by molar-refractivity contribution is 0.464. The summed E-state index contributed by atoms with van der Waals surface area (Å²) in [6.45, 7) is 0. The summed E-state index contributed by atoms with van der Waals surface area (Å²) in [5.41, 5.74) is 1.51. The molecule has 1 aromatic carbocycles. The molecule has 3 atom stereocenters. The summed E-state index contributed by atoms with van der Waals surface area (Å²) in [6.07, 6.45) is 6.89. The third-order valence-electron chi connectivity index (χ3n) is 5.30. The zero-order chi connectivity index (χ0) is 13.1. The van der Waals surface area contributed by atoms with Gasteiger partial charge >= 0.3 is 0 Å². The number of nitrogens with one attached hydrogen (secondary N) is 1. The second kappa shape index (κ2) is 4.22. The number of rotatable bonds is 3. The maximum absolute atomic E-state index is 3.81. The van der Waals surface area contributed by atoms with E-state index in [9.17, 15) is 0 Å². The Morgan fingerprint density at radius 3 is 2.75 bits per heavy atom. The van der Waals surface area contributed by atoms with E-state index in [1.165, 1.54) is 47.9 Å². The van der Waals surface area contributed by atoms with Crippen LogP contribution in [0.25, 0.3) is 10.1 Å². The second-order valence-corrected chi connectivity index (χ2v) is 7.52. The molecular formula is C17H20N2S. The van der Waals surface area contributed by atoms with Crippen LogP contribution < -0.4 is 10.2 Å². The largest absolute Gasteiger partial charge is 0.363 e. The number of thiophene rings is 1. The summed E-state index contributed by atoms with van der Waals surface area (Å²) < 4.78 is 1.43. The van der Waals surface area contributed by atoms with Crippen LogP contribution in [0.1, 0.15) is 32.1 Å². The lowest BCUT2D eigenvalue weighted by Crippen LogP contribution is -2.44. The van der Waals surface area contributed by atoms with Gasteiger partial charge < -0.3 is 10.2 Å². The smallest absolute Gasteiger partial charge is 0.0560 e. The number of hydrogen-bond acceptors (Lipinski definition) is 3. The molecule has 0 spiro atoms. The van der Waals surface area contributed by atoms with Gasteiger partial charge in [0.2, 0.25) is 0 Å². The molecule has 2 bridgehead atoms. The van der Waals surface area contributed by atoms with E-state index in [0.29, 0.717) is 0 Å². The molecule has 3 heterocycles. The Kier molecular flexibility index (Phi) is 2.44. The highest BCUT2D eigenvalue weighted by Crippen LogP contribution is 2.44. The van der Waals surface area contributed by atoms with Gasteiger partial charge in [-0.1, -0.05) is 18.2 Å². The summed E-state index contributed by atoms with van der Waals surface area (Å²) in [6, 6.07) is 12.0. The van der Waals surface area contributed by atoms with Crippen molar-refractivity contribution in [2.75, 3.05) is 4.90 Å². The van der Waals surface area contributed by atoms with Crippen LogP contribution >= 0.6 is 11.3 Å².